The van der Waals surface area contributed by atoms with Gasteiger partial charge in [0, 0.05) is 5.75 Å². The van der Waals surface area contributed by atoms with Gasteiger partial charge in [-0.1, -0.05) is 13.8 Å². The van der Waals surface area contributed by atoms with Gasteiger partial charge >= 0.3 is 0 Å². The van der Waals surface area contributed by atoms with Crippen LogP contribution in [0.3, 0.4) is 0 Å². The van der Waals surface area contributed by atoms with Crippen LogP contribution in [0.25, 0.3) is 0 Å². The predicted octanol–water partition coefficient (Wildman–Crippen LogP) is 1.13. The summed E-state index contributed by atoms with van der Waals surface area (Å²) in [5, 5.41) is 6.26. The van der Waals surface area contributed by atoms with Gasteiger partial charge in [-0.25, -0.2) is 4.99 Å². The normalized spacial score (nSPS) is 38.2. The molecule has 2 aliphatic heterocycles. The van der Waals surface area contributed by atoms with E-state index >= 15 is 0 Å². The Bertz CT molecular complexity index is 389. The monoisotopic (exact) mass is 253 g/mol. The van der Waals surface area contributed by atoms with Crippen LogP contribution in [0.1, 0.15) is 33.1 Å². The molecule has 3 fully saturated rings. The van der Waals surface area contributed by atoms with Gasteiger partial charge in [0.05, 0.1) is 6.04 Å². The van der Waals surface area contributed by atoms with E-state index in [9.17, 15) is 4.79 Å². The lowest BCUT2D eigenvalue weighted by atomic mass is 9.80. The lowest BCUT2D eigenvalue weighted by molar-refractivity contribution is -0.124. The topological polar surface area (TPSA) is 53.5 Å². The minimum Gasteiger partial charge on any atom is -0.341 e. The molecule has 0 bridgehead atoms. The first-order valence-corrected chi connectivity index (χ1v) is 7.40. The van der Waals surface area contributed by atoms with Crippen LogP contribution in [0.15, 0.2) is 4.99 Å². The van der Waals surface area contributed by atoms with E-state index < -0.39 is 5.54 Å². The summed E-state index contributed by atoms with van der Waals surface area (Å²) < 4.78 is 0. The van der Waals surface area contributed by atoms with Crippen molar-refractivity contribution < 1.29 is 4.79 Å². The fraction of sp³-hybridized carbons (Fsp3) is 0.833. The van der Waals surface area contributed by atoms with Gasteiger partial charge in [0.25, 0.3) is 5.91 Å². The first-order chi connectivity index (χ1) is 7.99. The SMILES string of the molecule is CC1(C)CSCC2(C1)NC(=NC1CC1)NC2=O. The van der Waals surface area contributed by atoms with Crippen molar-refractivity contribution in [1.82, 2.24) is 10.6 Å². The van der Waals surface area contributed by atoms with Crippen LogP contribution >= 0.6 is 11.8 Å². The molecule has 0 aromatic carbocycles. The summed E-state index contributed by atoms with van der Waals surface area (Å²) in [7, 11) is 0. The quantitative estimate of drug-likeness (QED) is 0.736. The summed E-state index contributed by atoms with van der Waals surface area (Å²) in [6.45, 7) is 4.46. The van der Waals surface area contributed by atoms with Gasteiger partial charge in [0.1, 0.15) is 5.54 Å². The number of hydrogen-bond donors (Lipinski definition) is 2. The molecule has 1 saturated carbocycles. The third-order valence-corrected chi connectivity index (χ3v) is 5.19. The average Bonchev–Trinajstić information content (AvgIpc) is 2.94. The molecule has 2 saturated heterocycles. The zero-order chi connectivity index (χ0) is 12.1. The molecular formula is C12H19N3OS. The number of amides is 1. The maximum absolute atomic E-state index is 12.2. The highest BCUT2D eigenvalue weighted by Gasteiger charge is 2.50. The summed E-state index contributed by atoms with van der Waals surface area (Å²) in [6, 6.07) is 0.442. The smallest absolute Gasteiger partial charge is 0.253 e. The fourth-order valence-electron chi connectivity index (χ4n) is 2.64. The number of nitrogens with one attached hydrogen (secondary N) is 2. The number of rotatable bonds is 1. The van der Waals surface area contributed by atoms with Crippen LogP contribution in [0, 0.1) is 5.41 Å². The Kier molecular flexibility index (Phi) is 2.44. The van der Waals surface area contributed by atoms with Crippen molar-refractivity contribution in [3.8, 4) is 0 Å². The third kappa shape index (κ3) is 2.17. The standard InChI is InChI=1S/C12H19N3OS/c1-11(2)5-12(7-17-6-11)9(16)14-10(15-12)13-8-3-4-8/h8H,3-7H2,1-2H3,(H2,13,14,15,16). The van der Waals surface area contributed by atoms with Crippen LogP contribution in [-0.2, 0) is 4.79 Å². The first-order valence-electron chi connectivity index (χ1n) is 6.24. The highest BCUT2D eigenvalue weighted by molar-refractivity contribution is 7.99. The second-order valence-corrected chi connectivity index (χ2v) is 7.19. The summed E-state index contributed by atoms with van der Waals surface area (Å²) in [4.78, 5) is 16.7. The van der Waals surface area contributed by atoms with E-state index in [1.165, 1.54) is 0 Å². The highest BCUT2D eigenvalue weighted by Crippen LogP contribution is 2.40. The van der Waals surface area contributed by atoms with Gasteiger partial charge in [-0.05, 0) is 30.4 Å². The Morgan fingerprint density at radius 3 is 2.76 bits per heavy atom. The van der Waals surface area contributed by atoms with Crippen molar-refractivity contribution in [2.75, 3.05) is 11.5 Å². The summed E-state index contributed by atoms with van der Waals surface area (Å²) >= 11 is 1.86. The molecule has 1 spiro atoms. The van der Waals surface area contributed by atoms with Crippen LogP contribution in [0.2, 0.25) is 0 Å². The number of nitrogens with zero attached hydrogens (tertiary/aromatic N) is 1. The summed E-state index contributed by atoms with van der Waals surface area (Å²) in [6.07, 6.45) is 3.21. The van der Waals surface area contributed by atoms with Crippen molar-refractivity contribution >= 4 is 23.6 Å². The van der Waals surface area contributed by atoms with Crippen molar-refractivity contribution in [2.24, 2.45) is 10.4 Å². The predicted molar refractivity (Wildman–Crippen MR) is 70.2 cm³/mol. The van der Waals surface area contributed by atoms with E-state index in [1.807, 2.05) is 11.8 Å². The van der Waals surface area contributed by atoms with Crippen molar-refractivity contribution in [1.29, 1.82) is 0 Å². The zero-order valence-electron chi connectivity index (χ0n) is 10.4. The lowest BCUT2D eigenvalue weighted by Gasteiger charge is -2.40. The number of carbonyl (C=O) groups excluding carboxylic acids is 1. The number of hydrogen-bond acceptors (Lipinski definition) is 3. The van der Waals surface area contributed by atoms with E-state index in [-0.39, 0.29) is 11.3 Å². The van der Waals surface area contributed by atoms with Crippen LogP contribution < -0.4 is 10.6 Å². The molecule has 0 radical (unpaired) electrons. The average molecular weight is 253 g/mol. The maximum Gasteiger partial charge on any atom is 0.253 e. The number of aliphatic imine (C=N–C) groups is 1. The van der Waals surface area contributed by atoms with Crippen molar-refractivity contribution in [3.63, 3.8) is 0 Å². The maximum atomic E-state index is 12.2. The fourth-order valence-corrected chi connectivity index (χ4v) is 4.05. The molecule has 3 aliphatic rings. The highest BCUT2D eigenvalue weighted by atomic mass is 32.2. The minimum absolute atomic E-state index is 0.108. The molecule has 2 heterocycles. The van der Waals surface area contributed by atoms with E-state index in [1.54, 1.807) is 0 Å². The molecule has 1 atom stereocenters. The third-order valence-electron chi connectivity index (χ3n) is 3.50. The van der Waals surface area contributed by atoms with E-state index in [4.69, 9.17) is 0 Å². The van der Waals surface area contributed by atoms with Gasteiger partial charge in [-0.2, -0.15) is 11.8 Å². The van der Waals surface area contributed by atoms with Gasteiger partial charge < -0.3 is 5.32 Å². The molecule has 1 aliphatic carbocycles. The van der Waals surface area contributed by atoms with Crippen LogP contribution in [0.4, 0.5) is 0 Å². The molecule has 0 aromatic heterocycles. The Balaban J connectivity index is 1.80. The largest absolute Gasteiger partial charge is 0.341 e. The van der Waals surface area contributed by atoms with Gasteiger partial charge in [0.15, 0.2) is 5.96 Å². The number of carbonyl (C=O) groups is 1. The van der Waals surface area contributed by atoms with Gasteiger partial charge in [0.2, 0.25) is 0 Å². The lowest BCUT2D eigenvalue weighted by Crippen LogP contribution is -2.55. The van der Waals surface area contributed by atoms with Crippen molar-refractivity contribution in [2.45, 2.75) is 44.7 Å². The summed E-state index contributed by atoms with van der Waals surface area (Å²) in [5.41, 5.74) is -0.206. The van der Waals surface area contributed by atoms with E-state index in [0.29, 0.717) is 12.0 Å². The molecule has 5 heteroatoms. The first kappa shape index (κ1) is 11.4. The molecule has 3 rings (SSSR count). The van der Waals surface area contributed by atoms with Gasteiger partial charge in [-0.15, -0.1) is 0 Å². The van der Waals surface area contributed by atoms with E-state index in [0.717, 1.165) is 30.8 Å². The Morgan fingerprint density at radius 2 is 2.12 bits per heavy atom. The Morgan fingerprint density at radius 1 is 1.35 bits per heavy atom. The second kappa shape index (κ2) is 3.64. The molecular weight excluding hydrogens is 234 g/mol. The number of guanidine groups is 1. The molecule has 0 aromatic rings. The zero-order valence-corrected chi connectivity index (χ0v) is 11.2. The second-order valence-electron chi connectivity index (χ2n) is 6.20. The summed E-state index contributed by atoms with van der Waals surface area (Å²) in [5.74, 6) is 2.79. The molecule has 1 amide bonds. The van der Waals surface area contributed by atoms with E-state index in [2.05, 4.69) is 29.5 Å². The minimum atomic E-state index is -0.417. The van der Waals surface area contributed by atoms with Crippen molar-refractivity contribution in [3.05, 3.63) is 0 Å². The van der Waals surface area contributed by atoms with Crippen LogP contribution in [0.5, 0.6) is 0 Å². The number of thioether (sulfide) groups is 1. The molecule has 17 heavy (non-hydrogen) atoms. The van der Waals surface area contributed by atoms with Gasteiger partial charge in [-0.3, -0.25) is 10.1 Å². The Hall–Kier alpha value is -0.710. The molecule has 94 valence electrons. The molecule has 4 nitrogen and oxygen atoms in total. The molecule has 2 N–H and O–H groups in total. The van der Waals surface area contributed by atoms with Crippen LogP contribution in [-0.4, -0.2) is 35.0 Å². The molecule has 1 unspecified atom stereocenters. The Labute approximate surface area is 106 Å².